The van der Waals surface area contributed by atoms with Crippen molar-refractivity contribution in [3.63, 3.8) is 0 Å². The van der Waals surface area contributed by atoms with Crippen molar-refractivity contribution in [2.24, 2.45) is 5.92 Å². The number of carbonyl (C=O) groups excluding carboxylic acids is 2. The first-order valence-corrected chi connectivity index (χ1v) is 9.58. The Morgan fingerprint density at radius 1 is 1.24 bits per heavy atom. The first-order chi connectivity index (χ1) is 12.0. The highest BCUT2D eigenvalue weighted by Gasteiger charge is 2.29. The van der Waals surface area contributed by atoms with Gasteiger partial charge in [0.25, 0.3) is 5.91 Å². The number of hydrogen-bond acceptors (Lipinski definition) is 3. The molecule has 0 spiro atoms. The number of amides is 2. The number of nitrogens with zero attached hydrogens (tertiary/aromatic N) is 1. The molecule has 1 aromatic carbocycles. The van der Waals surface area contributed by atoms with Crippen LogP contribution in [0.15, 0.2) is 35.7 Å². The lowest BCUT2D eigenvalue weighted by Crippen LogP contribution is -2.45. The van der Waals surface area contributed by atoms with E-state index in [9.17, 15) is 9.59 Å². The molecule has 1 unspecified atom stereocenters. The van der Waals surface area contributed by atoms with E-state index in [4.69, 9.17) is 0 Å². The number of hydrogen-bond donors (Lipinski definition) is 1. The minimum Gasteiger partial charge on any atom is -0.351 e. The van der Waals surface area contributed by atoms with Gasteiger partial charge in [-0.05, 0) is 50.3 Å². The molecule has 3 rings (SSSR count). The normalized spacial score (nSPS) is 17.4. The summed E-state index contributed by atoms with van der Waals surface area (Å²) in [5, 5.41) is 5.01. The largest absolute Gasteiger partial charge is 0.351 e. The molecule has 0 bridgehead atoms. The molecule has 1 N–H and O–H groups in total. The van der Waals surface area contributed by atoms with Crippen LogP contribution >= 0.6 is 11.3 Å². The number of carbonyl (C=O) groups is 2. The summed E-state index contributed by atoms with van der Waals surface area (Å²) in [5.41, 5.74) is 2.90. The molecule has 2 aromatic rings. The minimum atomic E-state index is -0.122. The molecule has 4 nitrogen and oxygen atoms in total. The van der Waals surface area contributed by atoms with E-state index >= 15 is 0 Å². The SMILES string of the molecule is Cc1cc(C)cc(C(=O)N2CCCC(C(=O)NCc3cccs3)C2)c1. The molecule has 132 valence electrons. The Morgan fingerprint density at radius 2 is 2.00 bits per heavy atom. The maximum Gasteiger partial charge on any atom is 0.253 e. The number of benzene rings is 1. The van der Waals surface area contributed by atoms with Crippen LogP contribution in [0.3, 0.4) is 0 Å². The maximum atomic E-state index is 12.8. The number of aryl methyl sites for hydroxylation is 2. The minimum absolute atomic E-state index is 0.0301. The molecule has 25 heavy (non-hydrogen) atoms. The zero-order valence-electron chi connectivity index (χ0n) is 14.7. The monoisotopic (exact) mass is 356 g/mol. The second-order valence-electron chi connectivity index (χ2n) is 6.76. The lowest BCUT2D eigenvalue weighted by molar-refractivity contribution is -0.126. The van der Waals surface area contributed by atoms with Gasteiger partial charge >= 0.3 is 0 Å². The summed E-state index contributed by atoms with van der Waals surface area (Å²) in [4.78, 5) is 28.2. The summed E-state index contributed by atoms with van der Waals surface area (Å²) >= 11 is 1.64. The number of likely N-dealkylation sites (tertiary alicyclic amines) is 1. The van der Waals surface area contributed by atoms with Crippen LogP contribution in [-0.2, 0) is 11.3 Å². The van der Waals surface area contributed by atoms with Gasteiger partial charge in [-0.15, -0.1) is 11.3 Å². The summed E-state index contributed by atoms with van der Waals surface area (Å²) in [5.74, 6) is -0.0440. The average molecular weight is 356 g/mol. The predicted octanol–water partition coefficient (Wildman–Crippen LogP) is 3.53. The highest BCUT2D eigenvalue weighted by molar-refractivity contribution is 7.09. The molecule has 1 aromatic heterocycles. The van der Waals surface area contributed by atoms with Gasteiger partial charge < -0.3 is 10.2 Å². The number of nitrogens with one attached hydrogen (secondary N) is 1. The third kappa shape index (κ3) is 4.48. The quantitative estimate of drug-likeness (QED) is 0.911. The Kier molecular flexibility index (Phi) is 5.53. The van der Waals surface area contributed by atoms with Crippen molar-refractivity contribution in [1.29, 1.82) is 0 Å². The summed E-state index contributed by atoms with van der Waals surface area (Å²) in [6.07, 6.45) is 1.71. The summed E-state index contributed by atoms with van der Waals surface area (Å²) in [6.45, 7) is 5.79. The average Bonchev–Trinajstić information content (AvgIpc) is 3.12. The van der Waals surface area contributed by atoms with Gasteiger partial charge in [-0.1, -0.05) is 23.3 Å². The molecule has 0 radical (unpaired) electrons. The van der Waals surface area contributed by atoms with Crippen molar-refractivity contribution in [2.45, 2.75) is 33.2 Å². The Morgan fingerprint density at radius 3 is 2.68 bits per heavy atom. The fraction of sp³-hybridized carbons (Fsp3) is 0.400. The van der Waals surface area contributed by atoms with Crippen LogP contribution in [0.5, 0.6) is 0 Å². The van der Waals surface area contributed by atoms with Gasteiger partial charge in [-0.2, -0.15) is 0 Å². The van der Waals surface area contributed by atoms with Crippen molar-refractivity contribution < 1.29 is 9.59 Å². The highest BCUT2D eigenvalue weighted by atomic mass is 32.1. The number of thiophene rings is 1. The second kappa shape index (κ2) is 7.83. The fourth-order valence-corrected chi connectivity index (χ4v) is 4.03. The van der Waals surface area contributed by atoms with Gasteiger partial charge in [-0.25, -0.2) is 0 Å². The third-order valence-corrected chi connectivity index (χ3v) is 5.44. The molecular formula is C20H24N2O2S. The Balaban J connectivity index is 1.62. The standard InChI is InChI=1S/C20H24N2O2S/c1-14-9-15(2)11-17(10-14)20(24)22-7-3-5-16(13-22)19(23)21-12-18-6-4-8-25-18/h4,6,8-11,16H,3,5,7,12-13H2,1-2H3,(H,21,23). The van der Waals surface area contributed by atoms with E-state index in [2.05, 4.69) is 11.4 Å². The van der Waals surface area contributed by atoms with E-state index < -0.39 is 0 Å². The molecule has 1 aliphatic rings. The van der Waals surface area contributed by atoms with E-state index in [0.717, 1.165) is 41.0 Å². The summed E-state index contributed by atoms with van der Waals surface area (Å²) in [6, 6.07) is 9.91. The van der Waals surface area contributed by atoms with Gasteiger partial charge in [0.1, 0.15) is 0 Å². The second-order valence-corrected chi connectivity index (χ2v) is 7.80. The molecule has 0 saturated carbocycles. The van der Waals surface area contributed by atoms with Crippen LogP contribution in [0.25, 0.3) is 0 Å². The summed E-state index contributed by atoms with van der Waals surface area (Å²) in [7, 11) is 0. The van der Waals surface area contributed by atoms with Gasteiger partial charge in [0.2, 0.25) is 5.91 Å². The number of piperidine rings is 1. The Labute approximate surface area is 152 Å². The summed E-state index contributed by atoms with van der Waals surface area (Å²) < 4.78 is 0. The van der Waals surface area contributed by atoms with Crippen molar-refractivity contribution >= 4 is 23.2 Å². The molecule has 5 heteroatoms. The Bertz CT molecular complexity index is 735. The van der Waals surface area contributed by atoms with Crippen molar-refractivity contribution in [3.05, 3.63) is 57.3 Å². The van der Waals surface area contributed by atoms with Crippen LogP contribution in [0.4, 0.5) is 0 Å². The van der Waals surface area contributed by atoms with Crippen molar-refractivity contribution in [2.75, 3.05) is 13.1 Å². The van der Waals surface area contributed by atoms with Crippen molar-refractivity contribution in [1.82, 2.24) is 10.2 Å². The topological polar surface area (TPSA) is 49.4 Å². The molecule has 1 atom stereocenters. The van der Waals surface area contributed by atoms with E-state index in [-0.39, 0.29) is 17.7 Å². The molecule has 2 heterocycles. The van der Waals surface area contributed by atoms with Gasteiger partial charge in [0.05, 0.1) is 12.5 Å². The first-order valence-electron chi connectivity index (χ1n) is 8.70. The zero-order chi connectivity index (χ0) is 17.8. The third-order valence-electron chi connectivity index (χ3n) is 4.56. The zero-order valence-corrected chi connectivity index (χ0v) is 15.6. The maximum absolute atomic E-state index is 12.8. The molecule has 0 aliphatic carbocycles. The van der Waals surface area contributed by atoms with E-state index in [1.807, 2.05) is 48.4 Å². The molecular weight excluding hydrogens is 332 g/mol. The van der Waals surface area contributed by atoms with Crippen LogP contribution in [0, 0.1) is 19.8 Å². The van der Waals surface area contributed by atoms with Crippen LogP contribution in [0.1, 0.15) is 39.2 Å². The van der Waals surface area contributed by atoms with Gasteiger partial charge in [-0.3, -0.25) is 9.59 Å². The Hall–Kier alpha value is -2.14. The molecule has 1 aliphatic heterocycles. The van der Waals surface area contributed by atoms with Crippen LogP contribution < -0.4 is 5.32 Å². The fourth-order valence-electron chi connectivity index (χ4n) is 3.39. The number of rotatable bonds is 4. The van der Waals surface area contributed by atoms with E-state index in [1.165, 1.54) is 0 Å². The van der Waals surface area contributed by atoms with Crippen molar-refractivity contribution in [3.8, 4) is 0 Å². The molecule has 2 amide bonds. The van der Waals surface area contributed by atoms with Crippen LogP contribution in [0.2, 0.25) is 0 Å². The van der Waals surface area contributed by atoms with Crippen LogP contribution in [-0.4, -0.2) is 29.8 Å². The van der Waals surface area contributed by atoms with Gasteiger partial charge in [0, 0.05) is 23.5 Å². The molecule has 1 saturated heterocycles. The lowest BCUT2D eigenvalue weighted by Gasteiger charge is -2.32. The van der Waals surface area contributed by atoms with E-state index in [1.54, 1.807) is 11.3 Å². The lowest BCUT2D eigenvalue weighted by atomic mass is 9.96. The molecule has 1 fully saturated rings. The predicted molar refractivity (Wildman–Crippen MR) is 101 cm³/mol. The highest BCUT2D eigenvalue weighted by Crippen LogP contribution is 2.20. The van der Waals surface area contributed by atoms with Gasteiger partial charge in [0.15, 0.2) is 0 Å². The smallest absolute Gasteiger partial charge is 0.253 e. The van der Waals surface area contributed by atoms with E-state index in [0.29, 0.717) is 13.1 Å². The first kappa shape index (κ1) is 17.7.